The molecule has 0 spiro atoms. The topological polar surface area (TPSA) is 179 Å². The van der Waals surface area contributed by atoms with E-state index in [0.717, 1.165) is 110 Å². The van der Waals surface area contributed by atoms with Gasteiger partial charge in [0.1, 0.15) is 11.6 Å². The first-order valence-electron chi connectivity index (χ1n) is 22.2. The summed E-state index contributed by atoms with van der Waals surface area (Å²) >= 11 is 0. The van der Waals surface area contributed by atoms with E-state index < -0.39 is 11.9 Å². The number of ether oxygens (including phenoxy) is 2. The molecule has 7 heterocycles. The highest BCUT2D eigenvalue weighted by Gasteiger charge is 2.22. The van der Waals surface area contributed by atoms with Crippen LogP contribution in [0.25, 0.3) is 0 Å². The number of fused-ring (bicyclic) bond motifs is 3. The van der Waals surface area contributed by atoms with Crippen molar-refractivity contribution in [3.05, 3.63) is 143 Å². The number of benzene rings is 2. The van der Waals surface area contributed by atoms with E-state index in [1.54, 1.807) is 0 Å². The molecule has 14 nitrogen and oxygen atoms in total. The number of aryl methyl sites for hydroxylation is 6. The molecule has 2 atom stereocenters. The summed E-state index contributed by atoms with van der Waals surface area (Å²) in [5.74, 6) is 1.54. The van der Waals surface area contributed by atoms with E-state index in [9.17, 15) is 19.8 Å². The normalized spacial score (nSPS) is 14.5. The molecule has 4 N–H and O–H groups in total. The summed E-state index contributed by atoms with van der Waals surface area (Å²) in [6.45, 7) is 3.30. The fraction of sp³-hybridized carbons (Fsp3) is 0.388. The quantitative estimate of drug-likeness (QED) is 0.0659. The highest BCUT2D eigenvalue weighted by Crippen LogP contribution is 2.36. The van der Waals surface area contributed by atoms with Crippen molar-refractivity contribution in [1.29, 1.82) is 0 Å². The Morgan fingerprint density at radius 2 is 1.29 bits per heavy atom. The van der Waals surface area contributed by atoms with Gasteiger partial charge in [-0.05, 0) is 117 Å². The summed E-state index contributed by atoms with van der Waals surface area (Å²) < 4.78 is 14.7. The SMILES string of the molecule is O=C(O)CC(Cn1ccc(CCCc2ccc3c(n2)NCCC3)n1)c1ccc2c(c1)OCO2.O=C(O)CC(Cn1cnc(CCCc2ccc3c(n2)NCCC3)c1)c1ccccc1. The summed E-state index contributed by atoms with van der Waals surface area (Å²) in [5, 5.41) is 30.2. The molecule has 0 saturated heterocycles. The van der Waals surface area contributed by atoms with Gasteiger partial charge in [-0.25, -0.2) is 15.0 Å². The number of carboxylic acids is 2. The van der Waals surface area contributed by atoms with Crippen LogP contribution in [0.4, 0.5) is 11.6 Å². The molecule has 14 heteroatoms. The molecule has 3 aliphatic heterocycles. The van der Waals surface area contributed by atoms with Gasteiger partial charge in [0.15, 0.2) is 11.5 Å². The highest BCUT2D eigenvalue weighted by atomic mass is 16.7. The first kappa shape index (κ1) is 43.0. The van der Waals surface area contributed by atoms with Crippen molar-refractivity contribution in [2.45, 2.75) is 102 Å². The standard InChI is InChI=1S/C25H28N4O4.C24H28N4O2/c30-24(31)14-19(18-7-9-22-23(13-18)33-16-32-22)15-29-12-10-21(28-29)5-1-4-20-8-6-17-3-2-11-26-25(17)27-20;29-23(30)14-20(18-6-2-1-3-7-18)15-28-16-22(26-17-28)10-4-9-21-12-11-19-8-5-13-25-24(19)27-21/h6-10,12-13,19H,1-5,11,14-16H2,(H,26,27)(H,30,31);1-3,6-7,11-12,16-17,20H,4-5,8-10,13-15H2,(H,25,27)(H,29,30). The predicted molar refractivity (Wildman–Crippen MR) is 240 cm³/mol. The van der Waals surface area contributed by atoms with Crippen LogP contribution in [-0.4, -0.2) is 71.3 Å². The lowest BCUT2D eigenvalue weighted by Crippen LogP contribution is -2.14. The van der Waals surface area contributed by atoms with E-state index in [0.29, 0.717) is 24.6 Å². The zero-order chi connectivity index (χ0) is 43.4. The molecule has 0 saturated carbocycles. The summed E-state index contributed by atoms with van der Waals surface area (Å²) in [4.78, 5) is 36.8. The van der Waals surface area contributed by atoms with Crippen LogP contribution in [0.3, 0.4) is 0 Å². The number of aromatic nitrogens is 6. The third-order valence-corrected chi connectivity index (χ3v) is 11.8. The average Bonchev–Trinajstić information content (AvgIpc) is 4.08. The molecule has 2 aromatic carbocycles. The number of hydrogen-bond donors (Lipinski definition) is 4. The van der Waals surface area contributed by atoms with Crippen LogP contribution < -0.4 is 20.1 Å². The predicted octanol–water partition coefficient (Wildman–Crippen LogP) is 7.87. The molecule has 63 heavy (non-hydrogen) atoms. The Morgan fingerprint density at radius 3 is 1.95 bits per heavy atom. The minimum Gasteiger partial charge on any atom is -0.481 e. The highest BCUT2D eigenvalue weighted by molar-refractivity contribution is 5.68. The Hall–Kier alpha value is -6.70. The third kappa shape index (κ3) is 12.0. The lowest BCUT2D eigenvalue weighted by Gasteiger charge is -2.17. The van der Waals surface area contributed by atoms with Gasteiger partial charge in [-0.1, -0.05) is 48.5 Å². The van der Waals surface area contributed by atoms with Crippen molar-refractivity contribution in [2.75, 3.05) is 30.5 Å². The van der Waals surface area contributed by atoms with Gasteiger partial charge in [0, 0.05) is 61.8 Å². The Balaban J connectivity index is 0.000000174. The Kier molecular flexibility index (Phi) is 14.3. The molecule has 0 radical (unpaired) electrons. The second kappa shape index (κ2) is 20.9. The van der Waals surface area contributed by atoms with E-state index in [-0.39, 0.29) is 31.5 Å². The Bertz CT molecular complexity index is 2470. The molecule has 6 aromatic rings. The number of aliphatic carboxylic acids is 2. The first-order valence-corrected chi connectivity index (χ1v) is 22.2. The lowest BCUT2D eigenvalue weighted by molar-refractivity contribution is -0.138. The maximum atomic E-state index is 11.5. The molecule has 328 valence electrons. The van der Waals surface area contributed by atoms with E-state index in [1.165, 1.54) is 24.0 Å². The van der Waals surface area contributed by atoms with Gasteiger partial charge in [0.05, 0.1) is 30.6 Å². The first-order chi connectivity index (χ1) is 30.8. The van der Waals surface area contributed by atoms with Gasteiger partial charge in [-0.3, -0.25) is 14.3 Å². The molecule has 2 unspecified atom stereocenters. The smallest absolute Gasteiger partial charge is 0.304 e. The minimum absolute atomic E-state index is 0.0207. The van der Waals surface area contributed by atoms with E-state index in [1.807, 2.05) is 82.6 Å². The number of nitrogens with zero attached hydrogens (tertiary/aromatic N) is 6. The summed E-state index contributed by atoms with van der Waals surface area (Å²) in [5.41, 5.74) is 8.84. The molecule has 4 aromatic heterocycles. The number of carboxylic acid groups (broad SMARTS) is 2. The van der Waals surface area contributed by atoms with Gasteiger partial charge in [0.2, 0.25) is 6.79 Å². The van der Waals surface area contributed by atoms with Gasteiger partial charge in [-0.15, -0.1) is 0 Å². The van der Waals surface area contributed by atoms with Gasteiger partial charge < -0.3 is 34.9 Å². The number of rotatable bonds is 18. The monoisotopic (exact) mass is 852 g/mol. The number of hydrogen-bond acceptors (Lipinski definition) is 10. The van der Waals surface area contributed by atoms with Crippen molar-refractivity contribution < 1.29 is 29.3 Å². The van der Waals surface area contributed by atoms with Crippen LogP contribution in [-0.2, 0) is 61.2 Å². The van der Waals surface area contributed by atoms with Crippen LogP contribution >= 0.6 is 0 Å². The molecular formula is C49H56N8O6. The zero-order valence-corrected chi connectivity index (χ0v) is 35.6. The van der Waals surface area contributed by atoms with Crippen molar-refractivity contribution >= 4 is 23.6 Å². The van der Waals surface area contributed by atoms with Crippen molar-refractivity contribution in [2.24, 2.45) is 0 Å². The number of carbonyl (C=O) groups is 2. The van der Waals surface area contributed by atoms with E-state index in [4.69, 9.17) is 24.5 Å². The fourth-order valence-corrected chi connectivity index (χ4v) is 8.56. The summed E-state index contributed by atoms with van der Waals surface area (Å²) in [6, 6.07) is 26.1. The minimum atomic E-state index is -0.836. The molecule has 0 amide bonds. The van der Waals surface area contributed by atoms with Crippen molar-refractivity contribution in [1.82, 2.24) is 29.3 Å². The summed E-state index contributed by atoms with van der Waals surface area (Å²) in [6.07, 6.45) is 16.0. The maximum Gasteiger partial charge on any atom is 0.304 e. The molecule has 3 aliphatic rings. The fourth-order valence-electron chi connectivity index (χ4n) is 8.56. The zero-order valence-electron chi connectivity index (χ0n) is 35.6. The number of anilines is 2. The second-order valence-corrected chi connectivity index (χ2v) is 16.6. The van der Waals surface area contributed by atoms with Gasteiger partial charge in [0.25, 0.3) is 0 Å². The van der Waals surface area contributed by atoms with Gasteiger partial charge >= 0.3 is 11.9 Å². The molecule has 0 fully saturated rings. The molecular weight excluding hydrogens is 797 g/mol. The number of nitrogens with one attached hydrogen (secondary N) is 2. The van der Waals surface area contributed by atoms with Crippen LogP contribution in [0.1, 0.15) is 95.4 Å². The molecule has 0 aliphatic carbocycles. The van der Waals surface area contributed by atoms with E-state index in [2.05, 4.69) is 39.9 Å². The summed E-state index contributed by atoms with van der Waals surface area (Å²) in [7, 11) is 0. The van der Waals surface area contributed by atoms with Crippen molar-refractivity contribution in [3.8, 4) is 11.5 Å². The average molecular weight is 853 g/mol. The van der Waals surface area contributed by atoms with Crippen LogP contribution in [0.15, 0.2) is 97.6 Å². The second-order valence-electron chi connectivity index (χ2n) is 16.6. The van der Waals surface area contributed by atoms with Crippen molar-refractivity contribution in [3.63, 3.8) is 0 Å². The number of imidazole rings is 1. The van der Waals surface area contributed by atoms with E-state index >= 15 is 0 Å². The third-order valence-electron chi connectivity index (χ3n) is 11.8. The van der Waals surface area contributed by atoms with Gasteiger partial charge in [-0.2, -0.15) is 5.10 Å². The van der Waals surface area contributed by atoms with Crippen LogP contribution in [0, 0.1) is 0 Å². The lowest BCUT2D eigenvalue weighted by atomic mass is 9.95. The molecule has 0 bridgehead atoms. The molecule has 9 rings (SSSR count). The maximum absolute atomic E-state index is 11.5. The van der Waals surface area contributed by atoms with Crippen LogP contribution in [0.2, 0.25) is 0 Å². The number of pyridine rings is 2. The van der Waals surface area contributed by atoms with Crippen LogP contribution in [0.5, 0.6) is 11.5 Å². The Labute approximate surface area is 367 Å². The Morgan fingerprint density at radius 1 is 0.667 bits per heavy atom. The largest absolute Gasteiger partial charge is 0.481 e.